The molecule has 2 amide bonds. The van der Waals surface area contributed by atoms with E-state index in [0.717, 1.165) is 50.3 Å². The van der Waals surface area contributed by atoms with Gasteiger partial charge >= 0.3 is 5.97 Å². The Hall–Kier alpha value is -2.77. The Labute approximate surface area is 446 Å². The number of aliphatic hydroxyl groups excluding tert-OH is 6. The van der Waals surface area contributed by atoms with Crippen molar-refractivity contribution in [1.82, 2.24) is 25.6 Å². The molecule has 0 bridgehead atoms. The topological polar surface area (TPSA) is 255 Å². The molecule has 0 radical (unpaired) electrons. The van der Waals surface area contributed by atoms with Gasteiger partial charge in [-0.05, 0) is 12.8 Å². The van der Waals surface area contributed by atoms with Crippen molar-refractivity contribution in [2.75, 3.05) is 20.3 Å². The third kappa shape index (κ3) is 30.8. The standard InChI is InChI=1S/C57H107N5O12/c1-4-6-8-10-12-14-16-18-19-20-21-22-23-24-25-26-27-28-30-32-34-36-38-40-50(65)58-47(51(66)48(64)39-37-35-33-31-29-17-15-13-11-9-7-5-2)44-73-57-54(69)53(68)52(67)49(74-57)42-62-41-45(60-61-62)55(70)59-46(43-63)56(71)72-3/h41,46-49,51-54,57,63-64,66-69H,4-40,42-44H2,1-3H3,(H,58,65)(H,59,70)/t46-,47-,48+,49+,51-,52-,53-,54+,57-/m0/s1. The predicted octanol–water partition coefficient (Wildman–Crippen LogP) is 9.05. The van der Waals surface area contributed by atoms with E-state index >= 15 is 0 Å². The molecular formula is C57H107N5O12. The van der Waals surface area contributed by atoms with E-state index in [1.54, 1.807) is 0 Å². The number of nitrogens with zero attached hydrogens (tertiary/aromatic N) is 3. The Balaban J connectivity index is 1.80. The highest BCUT2D eigenvalue weighted by molar-refractivity contribution is 5.94. The highest BCUT2D eigenvalue weighted by Crippen LogP contribution is 2.25. The summed E-state index contributed by atoms with van der Waals surface area (Å²) in [4.78, 5) is 37.8. The Morgan fingerprint density at radius 1 is 0.622 bits per heavy atom. The Bertz CT molecular complexity index is 1520. The van der Waals surface area contributed by atoms with Crippen LogP contribution in [0.3, 0.4) is 0 Å². The molecule has 0 saturated carbocycles. The zero-order chi connectivity index (χ0) is 54.0. The monoisotopic (exact) mass is 1050 g/mol. The van der Waals surface area contributed by atoms with Gasteiger partial charge < -0.3 is 55.5 Å². The van der Waals surface area contributed by atoms with Crippen molar-refractivity contribution >= 4 is 17.8 Å². The summed E-state index contributed by atoms with van der Waals surface area (Å²) >= 11 is 0. The van der Waals surface area contributed by atoms with Crippen molar-refractivity contribution in [3.8, 4) is 0 Å². The molecule has 0 spiro atoms. The van der Waals surface area contributed by atoms with E-state index in [0.29, 0.717) is 19.3 Å². The van der Waals surface area contributed by atoms with Gasteiger partial charge in [0, 0.05) is 6.42 Å². The summed E-state index contributed by atoms with van der Waals surface area (Å²) < 4.78 is 17.5. The van der Waals surface area contributed by atoms with Crippen LogP contribution in [0.15, 0.2) is 6.20 Å². The fourth-order valence-corrected chi connectivity index (χ4v) is 9.84. The number of esters is 1. The number of unbranched alkanes of at least 4 members (excludes halogenated alkanes) is 33. The first-order valence-corrected chi connectivity index (χ1v) is 29.8. The average Bonchev–Trinajstić information content (AvgIpc) is 3.88. The number of aliphatic hydroxyl groups is 6. The second kappa shape index (κ2) is 44.2. The number of rotatable bonds is 49. The van der Waals surface area contributed by atoms with Crippen molar-refractivity contribution < 1.29 is 59.2 Å². The van der Waals surface area contributed by atoms with E-state index in [1.165, 1.54) is 180 Å². The zero-order valence-electron chi connectivity index (χ0n) is 46.5. The van der Waals surface area contributed by atoms with Crippen molar-refractivity contribution in [2.24, 2.45) is 0 Å². The largest absolute Gasteiger partial charge is 0.467 e. The molecule has 74 heavy (non-hydrogen) atoms. The predicted molar refractivity (Wildman–Crippen MR) is 289 cm³/mol. The number of carbonyl (C=O) groups excluding carboxylic acids is 3. The van der Waals surface area contributed by atoms with Gasteiger partial charge in [-0.1, -0.05) is 237 Å². The van der Waals surface area contributed by atoms with Gasteiger partial charge in [0.25, 0.3) is 5.91 Å². The molecule has 1 aliphatic rings. The van der Waals surface area contributed by atoms with E-state index in [1.807, 2.05) is 0 Å². The summed E-state index contributed by atoms with van der Waals surface area (Å²) in [6, 6.07) is -2.41. The number of carbonyl (C=O) groups is 3. The lowest BCUT2D eigenvalue weighted by atomic mass is 9.98. The van der Waals surface area contributed by atoms with Crippen LogP contribution >= 0.6 is 0 Å². The third-order valence-electron chi connectivity index (χ3n) is 14.7. The van der Waals surface area contributed by atoms with Crippen LogP contribution in [0, 0.1) is 0 Å². The first kappa shape index (κ1) is 67.3. The number of aromatic nitrogens is 3. The minimum Gasteiger partial charge on any atom is -0.467 e. The fourth-order valence-electron chi connectivity index (χ4n) is 9.84. The van der Waals surface area contributed by atoms with Crippen LogP contribution in [0.1, 0.15) is 262 Å². The SMILES string of the molecule is CCCCCCCCCCCCCCCCCCCCCCCCCC(=O)N[C@@H](CO[C@H]1O[C@H](Cn2cc(C(=O)N[C@@H](CO)C(=O)OC)nn2)[C@H](O)[C@H](O)[C@H]1O)[C@H](O)[C@H](O)CCCCCCCCCCCCCC. The number of methoxy groups -OCH3 is 1. The van der Waals surface area contributed by atoms with Gasteiger partial charge in [-0.15, -0.1) is 5.10 Å². The maximum atomic E-state index is 13.3. The molecule has 1 aromatic rings. The molecule has 17 nitrogen and oxygen atoms in total. The molecule has 0 aliphatic carbocycles. The first-order valence-electron chi connectivity index (χ1n) is 29.8. The number of hydrogen-bond acceptors (Lipinski definition) is 14. The van der Waals surface area contributed by atoms with Gasteiger partial charge in [0.05, 0.1) is 45.2 Å². The smallest absolute Gasteiger partial charge is 0.330 e. The molecule has 2 heterocycles. The molecule has 8 N–H and O–H groups in total. The Morgan fingerprint density at radius 3 is 1.49 bits per heavy atom. The lowest BCUT2D eigenvalue weighted by Gasteiger charge is -2.40. The van der Waals surface area contributed by atoms with Crippen LogP contribution < -0.4 is 10.6 Å². The summed E-state index contributed by atoms with van der Waals surface area (Å²) in [5.41, 5.74) is -0.225. The van der Waals surface area contributed by atoms with Gasteiger partial charge in [-0.2, -0.15) is 0 Å². The second-order valence-corrected chi connectivity index (χ2v) is 21.3. The normalized spacial score (nSPS) is 19.5. The third-order valence-corrected chi connectivity index (χ3v) is 14.7. The maximum absolute atomic E-state index is 13.3. The highest BCUT2D eigenvalue weighted by Gasteiger charge is 2.45. The Kier molecular flexibility index (Phi) is 40.3. The lowest BCUT2D eigenvalue weighted by molar-refractivity contribution is -0.301. The van der Waals surface area contributed by atoms with Gasteiger partial charge in [-0.3, -0.25) is 9.59 Å². The number of ether oxygens (including phenoxy) is 3. The van der Waals surface area contributed by atoms with E-state index in [9.17, 15) is 45.0 Å². The summed E-state index contributed by atoms with van der Waals surface area (Å²) in [7, 11) is 1.11. The minimum absolute atomic E-state index is 0.225. The van der Waals surface area contributed by atoms with Crippen LogP contribution in [0.25, 0.3) is 0 Å². The van der Waals surface area contributed by atoms with Crippen LogP contribution in [-0.2, 0) is 30.3 Å². The fraction of sp³-hybridized carbons (Fsp3) is 0.912. The second-order valence-electron chi connectivity index (χ2n) is 21.3. The molecule has 1 fully saturated rings. The summed E-state index contributed by atoms with van der Waals surface area (Å²) in [6.07, 6.45) is 34.8. The molecule has 0 aromatic carbocycles. The molecule has 1 saturated heterocycles. The maximum Gasteiger partial charge on any atom is 0.330 e. The molecule has 17 heteroatoms. The highest BCUT2D eigenvalue weighted by atomic mass is 16.7. The Morgan fingerprint density at radius 2 is 1.05 bits per heavy atom. The molecule has 1 aliphatic heterocycles. The molecular weight excluding hydrogens is 947 g/mol. The van der Waals surface area contributed by atoms with Gasteiger partial charge in [0.2, 0.25) is 5.91 Å². The lowest BCUT2D eigenvalue weighted by Crippen LogP contribution is -2.60. The van der Waals surface area contributed by atoms with Gasteiger partial charge in [-0.25, -0.2) is 9.48 Å². The van der Waals surface area contributed by atoms with E-state index < -0.39 is 73.5 Å². The van der Waals surface area contributed by atoms with Crippen molar-refractivity contribution in [3.05, 3.63) is 11.9 Å². The summed E-state index contributed by atoms with van der Waals surface area (Å²) in [5, 5.41) is 77.4. The summed E-state index contributed by atoms with van der Waals surface area (Å²) in [6.45, 7) is 3.14. The van der Waals surface area contributed by atoms with Crippen molar-refractivity contribution in [1.29, 1.82) is 0 Å². The van der Waals surface area contributed by atoms with E-state index in [-0.39, 0.29) is 31.2 Å². The average molecular weight is 1050 g/mol. The molecule has 1 aromatic heterocycles. The van der Waals surface area contributed by atoms with Crippen molar-refractivity contribution in [2.45, 2.75) is 313 Å². The minimum atomic E-state index is -1.73. The van der Waals surface area contributed by atoms with Crippen LogP contribution in [-0.4, -0.2) is 139 Å². The van der Waals surface area contributed by atoms with Crippen molar-refractivity contribution in [3.63, 3.8) is 0 Å². The van der Waals surface area contributed by atoms with Crippen LogP contribution in [0.2, 0.25) is 0 Å². The first-order chi connectivity index (χ1) is 36.0. The molecule has 2 rings (SSSR count). The van der Waals surface area contributed by atoms with E-state index in [4.69, 9.17) is 9.47 Å². The van der Waals surface area contributed by atoms with E-state index in [2.05, 4.69) is 39.5 Å². The number of amides is 2. The number of hydrogen-bond donors (Lipinski definition) is 8. The molecule has 432 valence electrons. The molecule has 9 atom stereocenters. The van der Waals surface area contributed by atoms with Gasteiger partial charge in [0.1, 0.15) is 30.5 Å². The molecule has 0 unspecified atom stereocenters. The zero-order valence-corrected chi connectivity index (χ0v) is 46.5. The summed E-state index contributed by atoms with van der Waals surface area (Å²) in [5.74, 6) is -2.00. The van der Waals surface area contributed by atoms with Crippen LogP contribution in [0.4, 0.5) is 0 Å². The quantitative estimate of drug-likeness (QED) is 0.0224. The van der Waals surface area contributed by atoms with Crippen LogP contribution in [0.5, 0.6) is 0 Å². The number of nitrogens with one attached hydrogen (secondary N) is 2. The van der Waals surface area contributed by atoms with Gasteiger partial charge in [0.15, 0.2) is 18.0 Å².